The number of methoxy groups -OCH3 is 2. The average Bonchev–Trinajstić information content (AvgIpc) is 3.03. The molecule has 29 heavy (non-hydrogen) atoms. The van der Waals surface area contributed by atoms with E-state index in [1.54, 1.807) is 43.8 Å². The summed E-state index contributed by atoms with van der Waals surface area (Å²) in [6.45, 7) is 2.29. The van der Waals surface area contributed by atoms with Gasteiger partial charge in [0.1, 0.15) is 4.70 Å². The Hall–Kier alpha value is -2.83. The van der Waals surface area contributed by atoms with E-state index in [0.29, 0.717) is 17.2 Å². The van der Waals surface area contributed by atoms with Gasteiger partial charge in [0.2, 0.25) is 17.1 Å². The van der Waals surface area contributed by atoms with Gasteiger partial charge in [-0.1, -0.05) is 35.6 Å². The molecule has 0 unspecified atom stereocenters. The molecule has 1 N–H and O–H groups in total. The van der Waals surface area contributed by atoms with Crippen molar-refractivity contribution in [3.8, 4) is 11.5 Å². The van der Waals surface area contributed by atoms with Gasteiger partial charge in [-0.2, -0.15) is 4.57 Å². The van der Waals surface area contributed by atoms with Crippen LogP contribution in [0.25, 0.3) is 21.0 Å². The standard InChI is InChI=1S/C22H20N2O3S.ClH/c1-14-24(22-17-7-5-4-6-15(17)8-11-20(22)28-14)13-21(25)23-16-9-10-18(26-2)19(12-16)27-3;/h4-12H,13H2,1-3H3;1H. The van der Waals surface area contributed by atoms with E-state index >= 15 is 0 Å². The van der Waals surface area contributed by atoms with Gasteiger partial charge in [0.05, 0.1) is 19.6 Å². The summed E-state index contributed by atoms with van der Waals surface area (Å²) in [5, 5.41) is 6.37. The molecule has 0 saturated heterocycles. The van der Waals surface area contributed by atoms with Gasteiger partial charge in [0.25, 0.3) is 5.91 Å². The fourth-order valence-corrected chi connectivity index (χ4v) is 4.45. The fourth-order valence-electron chi connectivity index (χ4n) is 3.42. The Kier molecular flexibility index (Phi) is 6.25. The highest BCUT2D eigenvalue weighted by Crippen LogP contribution is 2.30. The van der Waals surface area contributed by atoms with Crippen molar-refractivity contribution in [3.63, 3.8) is 0 Å². The van der Waals surface area contributed by atoms with Crippen molar-refractivity contribution in [2.75, 3.05) is 19.5 Å². The maximum atomic E-state index is 12.8. The molecule has 0 aliphatic carbocycles. The van der Waals surface area contributed by atoms with Crippen LogP contribution in [-0.2, 0) is 11.3 Å². The van der Waals surface area contributed by atoms with E-state index in [-0.39, 0.29) is 24.9 Å². The zero-order valence-corrected chi connectivity index (χ0v) is 17.9. The second kappa shape index (κ2) is 8.68. The Bertz CT molecular complexity index is 1190. The van der Waals surface area contributed by atoms with E-state index in [4.69, 9.17) is 9.47 Å². The van der Waals surface area contributed by atoms with Gasteiger partial charge < -0.3 is 27.2 Å². The van der Waals surface area contributed by atoms with Crippen molar-refractivity contribution in [3.05, 3.63) is 59.6 Å². The molecule has 0 aliphatic heterocycles. The third-order valence-corrected chi connectivity index (χ3v) is 5.81. The molecular formula is C22H21ClN2O3S. The topological polar surface area (TPSA) is 51.4 Å². The molecule has 0 bridgehead atoms. The van der Waals surface area contributed by atoms with Gasteiger partial charge in [-0.25, -0.2) is 0 Å². The summed E-state index contributed by atoms with van der Waals surface area (Å²) < 4.78 is 13.8. The Morgan fingerprint density at radius 2 is 1.79 bits per heavy atom. The molecular weight excluding hydrogens is 408 g/mol. The monoisotopic (exact) mass is 428 g/mol. The summed E-state index contributed by atoms with van der Waals surface area (Å²) in [6.07, 6.45) is 0. The van der Waals surface area contributed by atoms with Crippen LogP contribution < -0.4 is 31.8 Å². The maximum absolute atomic E-state index is 12.8. The van der Waals surface area contributed by atoms with Gasteiger partial charge >= 0.3 is 0 Å². The summed E-state index contributed by atoms with van der Waals surface area (Å²) in [5.74, 6) is 1.12. The lowest BCUT2D eigenvalue weighted by Gasteiger charge is -2.10. The van der Waals surface area contributed by atoms with E-state index in [0.717, 1.165) is 15.9 Å². The summed E-state index contributed by atoms with van der Waals surface area (Å²) >= 11 is 1.70. The number of anilines is 1. The SMILES string of the molecule is COc1ccc(NC(=O)C[n+]2c(C)sc3ccc4ccccc4c32)cc1OC.[Cl-]. The number of benzene rings is 3. The minimum absolute atomic E-state index is 0. The molecule has 1 heterocycles. The van der Waals surface area contributed by atoms with Crippen LogP contribution in [0.1, 0.15) is 5.01 Å². The van der Waals surface area contributed by atoms with E-state index in [9.17, 15) is 4.79 Å². The van der Waals surface area contributed by atoms with Crippen LogP contribution in [-0.4, -0.2) is 20.1 Å². The van der Waals surface area contributed by atoms with Gasteiger partial charge in [0.15, 0.2) is 11.5 Å². The second-order valence-electron chi connectivity index (χ2n) is 6.46. The number of hydrogen-bond donors (Lipinski definition) is 1. The Labute approximate surface area is 179 Å². The van der Waals surface area contributed by atoms with Crippen molar-refractivity contribution < 1.29 is 31.2 Å². The van der Waals surface area contributed by atoms with Gasteiger partial charge in [0, 0.05) is 18.7 Å². The molecule has 0 fully saturated rings. The number of aryl methyl sites for hydroxylation is 1. The molecule has 3 aromatic carbocycles. The average molecular weight is 429 g/mol. The van der Waals surface area contributed by atoms with Crippen LogP contribution in [0.4, 0.5) is 5.69 Å². The quantitative estimate of drug-likeness (QED) is 0.488. The lowest BCUT2D eigenvalue weighted by molar-refractivity contribution is -0.658. The van der Waals surface area contributed by atoms with Crippen molar-refractivity contribution in [2.24, 2.45) is 0 Å². The largest absolute Gasteiger partial charge is 1.00 e. The normalized spacial score (nSPS) is 10.6. The molecule has 0 saturated carbocycles. The smallest absolute Gasteiger partial charge is 0.290 e. The minimum atomic E-state index is -0.0899. The first-order valence-corrected chi connectivity index (χ1v) is 9.75. The highest BCUT2D eigenvalue weighted by atomic mass is 35.5. The van der Waals surface area contributed by atoms with Crippen LogP contribution in [0.5, 0.6) is 11.5 Å². The molecule has 150 valence electrons. The van der Waals surface area contributed by atoms with Crippen LogP contribution in [0.2, 0.25) is 0 Å². The first-order valence-electron chi connectivity index (χ1n) is 8.93. The highest BCUT2D eigenvalue weighted by Gasteiger charge is 2.22. The maximum Gasteiger partial charge on any atom is 0.290 e. The number of halogens is 1. The number of nitrogens with zero attached hydrogens (tertiary/aromatic N) is 1. The Morgan fingerprint density at radius 3 is 2.55 bits per heavy atom. The summed E-state index contributed by atoms with van der Waals surface area (Å²) in [6, 6.07) is 17.8. The van der Waals surface area contributed by atoms with E-state index in [1.165, 1.54) is 10.1 Å². The zero-order valence-electron chi connectivity index (χ0n) is 16.4. The van der Waals surface area contributed by atoms with Crippen molar-refractivity contribution in [1.82, 2.24) is 0 Å². The number of carbonyl (C=O) groups excluding carboxylic acids is 1. The third-order valence-electron chi connectivity index (χ3n) is 4.74. The molecule has 0 spiro atoms. The number of amides is 1. The van der Waals surface area contributed by atoms with Crippen molar-refractivity contribution >= 4 is 43.9 Å². The van der Waals surface area contributed by atoms with Crippen LogP contribution in [0, 0.1) is 6.92 Å². The molecule has 0 atom stereocenters. The number of carbonyl (C=O) groups is 1. The molecule has 1 amide bonds. The van der Waals surface area contributed by atoms with E-state index in [1.807, 2.05) is 19.1 Å². The molecule has 4 aromatic rings. The highest BCUT2D eigenvalue weighted by molar-refractivity contribution is 7.18. The number of nitrogens with one attached hydrogen (secondary N) is 1. The number of hydrogen-bond acceptors (Lipinski definition) is 4. The van der Waals surface area contributed by atoms with Crippen molar-refractivity contribution in [1.29, 1.82) is 0 Å². The predicted molar refractivity (Wildman–Crippen MR) is 112 cm³/mol. The van der Waals surface area contributed by atoms with Crippen LogP contribution >= 0.6 is 11.3 Å². The summed E-state index contributed by atoms with van der Waals surface area (Å²) in [7, 11) is 3.16. The lowest BCUT2D eigenvalue weighted by Crippen LogP contribution is -3.00. The number of rotatable bonds is 5. The molecule has 0 aliphatic rings. The fraction of sp³-hybridized carbons (Fsp3) is 0.182. The summed E-state index contributed by atoms with van der Waals surface area (Å²) in [4.78, 5) is 12.8. The molecule has 4 rings (SSSR count). The zero-order chi connectivity index (χ0) is 19.7. The van der Waals surface area contributed by atoms with Crippen LogP contribution in [0.15, 0.2) is 54.6 Å². The molecule has 1 aromatic heterocycles. The Morgan fingerprint density at radius 1 is 1.03 bits per heavy atom. The lowest BCUT2D eigenvalue weighted by atomic mass is 10.1. The summed E-state index contributed by atoms with van der Waals surface area (Å²) in [5.41, 5.74) is 1.77. The van der Waals surface area contributed by atoms with Crippen LogP contribution in [0.3, 0.4) is 0 Å². The Balaban J connectivity index is 0.00000240. The van der Waals surface area contributed by atoms with Gasteiger partial charge in [-0.05, 0) is 29.7 Å². The third kappa shape index (κ3) is 3.99. The number of aromatic nitrogens is 1. The van der Waals surface area contributed by atoms with Crippen molar-refractivity contribution in [2.45, 2.75) is 13.5 Å². The molecule has 0 radical (unpaired) electrons. The first kappa shape index (κ1) is 20.9. The molecule has 5 nitrogen and oxygen atoms in total. The minimum Gasteiger partial charge on any atom is -1.00 e. The molecule has 7 heteroatoms. The second-order valence-corrected chi connectivity index (χ2v) is 7.69. The number of ether oxygens (including phenoxy) is 2. The first-order chi connectivity index (χ1) is 13.6. The van der Waals surface area contributed by atoms with Gasteiger partial charge in [-0.15, -0.1) is 0 Å². The number of fused-ring (bicyclic) bond motifs is 3. The van der Waals surface area contributed by atoms with E-state index < -0.39 is 0 Å². The van der Waals surface area contributed by atoms with E-state index in [2.05, 4.69) is 34.1 Å². The number of thiazole rings is 1. The van der Waals surface area contributed by atoms with Gasteiger partial charge in [-0.3, -0.25) is 4.79 Å². The predicted octanol–water partition coefficient (Wildman–Crippen LogP) is 1.31.